The predicted molar refractivity (Wildman–Crippen MR) is 264 cm³/mol. The lowest BCUT2D eigenvalue weighted by Crippen LogP contribution is -2.19. The normalized spacial score (nSPS) is 15.3. The predicted octanol–water partition coefficient (Wildman–Crippen LogP) is 14.1. The molecule has 0 atom stereocenters. The highest BCUT2D eigenvalue weighted by molar-refractivity contribution is 5.87. The third-order valence-corrected chi connectivity index (χ3v) is 13.4. The van der Waals surface area contributed by atoms with Crippen molar-refractivity contribution in [1.29, 1.82) is 0 Å². The maximum absolute atomic E-state index is 14.6. The highest BCUT2D eigenvalue weighted by Crippen LogP contribution is 2.51. The SMILES string of the molecule is CC(C)Oc1ccc(-c2ccc(C3(C(=O)O)CC3)cc2F)cc1.O=C(O)C1(c2ccc(-c3ccc(OCc4ccccc4)cc3)c(F)c2)CC1.O=C(O)C1(c2ccc(-c3cccc(OC(F)(F)F)c3)c(F)c2)CC1. The van der Waals surface area contributed by atoms with Gasteiger partial charge in [0.1, 0.15) is 41.3 Å². The molecule has 3 N–H and O–H groups in total. The Morgan fingerprint density at radius 3 is 1.26 bits per heavy atom. The van der Waals surface area contributed by atoms with E-state index in [1.807, 2.05) is 80.6 Å². The number of carboxylic acids is 3. The molecule has 3 aliphatic carbocycles. The van der Waals surface area contributed by atoms with Crippen LogP contribution in [-0.4, -0.2) is 45.7 Å². The lowest BCUT2D eigenvalue weighted by atomic mass is 9.93. The first kappa shape index (κ1) is 52.3. The van der Waals surface area contributed by atoms with Crippen LogP contribution in [0.1, 0.15) is 74.6 Å². The molecule has 0 amide bonds. The van der Waals surface area contributed by atoms with Crippen LogP contribution < -0.4 is 14.2 Å². The average molecular weight is 1020 g/mol. The van der Waals surface area contributed by atoms with Gasteiger partial charge in [-0.25, -0.2) is 13.2 Å². The van der Waals surface area contributed by atoms with Crippen LogP contribution in [0.3, 0.4) is 0 Å². The molecule has 0 bridgehead atoms. The fourth-order valence-corrected chi connectivity index (χ4v) is 8.71. The molecular weight excluding hydrogens is 967 g/mol. The fraction of sp³-hybridized carbons (Fsp3) is 0.237. The van der Waals surface area contributed by atoms with Crippen LogP contribution in [0.4, 0.5) is 26.3 Å². The number of benzene rings is 7. The zero-order valence-corrected chi connectivity index (χ0v) is 40.1. The monoisotopic (exact) mass is 1020 g/mol. The Morgan fingerprint density at radius 1 is 0.486 bits per heavy atom. The second-order valence-electron chi connectivity index (χ2n) is 18.8. The minimum atomic E-state index is -4.83. The van der Waals surface area contributed by atoms with Crippen molar-refractivity contribution >= 4 is 17.9 Å². The number of ether oxygens (including phenoxy) is 3. The molecule has 3 aliphatic rings. The van der Waals surface area contributed by atoms with Crippen molar-refractivity contribution in [1.82, 2.24) is 0 Å². The largest absolute Gasteiger partial charge is 0.573 e. The molecule has 7 aromatic carbocycles. The first-order chi connectivity index (χ1) is 35.2. The van der Waals surface area contributed by atoms with Crippen molar-refractivity contribution in [3.8, 4) is 50.6 Å². The zero-order chi connectivity index (χ0) is 53.0. The van der Waals surface area contributed by atoms with Gasteiger partial charge in [-0.1, -0.05) is 103 Å². The number of alkyl halides is 3. The van der Waals surface area contributed by atoms with Crippen LogP contribution in [-0.2, 0) is 37.2 Å². The summed E-state index contributed by atoms with van der Waals surface area (Å²) in [7, 11) is 0. The summed E-state index contributed by atoms with van der Waals surface area (Å²) in [5, 5.41) is 27.9. The molecule has 10 rings (SSSR count). The number of hydrogen-bond acceptors (Lipinski definition) is 6. The fourth-order valence-electron chi connectivity index (χ4n) is 8.71. The van der Waals surface area contributed by atoms with E-state index in [0.29, 0.717) is 78.7 Å². The Hall–Kier alpha value is -8.07. The van der Waals surface area contributed by atoms with Gasteiger partial charge in [0, 0.05) is 16.7 Å². The number of carboxylic acid groups (broad SMARTS) is 3. The topological polar surface area (TPSA) is 140 Å². The van der Waals surface area contributed by atoms with E-state index in [1.54, 1.807) is 36.4 Å². The van der Waals surface area contributed by atoms with Crippen molar-refractivity contribution in [2.75, 3.05) is 0 Å². The quantitative estimate of drug-likeness (QED) is 0.0857. The summed E-state index contributed by atoms with van der Waals surface area (Å²) in [5.41, 5.74) is 2.38. The van der Waals surface area contributed by atoms with Gasteiger partial charge in [0.05, 0.1) is 22.3 Å². The van der Waals surface area contributed by atoms with E-state index in [9.17, 15) is 56.0 Å². The molecule has 9 nitrogen and oxygen atoms in total. The second kappa shape index (κ2) is 21.2. The third-order valence-electron chi connectivity index (χ3n) is 13.4. The highest BCUT2D eigenvalue weighted by atomic mass is 19.4. The lowest BCUT2D eigenvalue weighted by Gasteiger charge is -2.13. The summed E-state index contributed by atoms with van der Waals surface area (Å²) in [6.45, 7) is 4.37. The van der Waals surface area contributed by atoms with E-state index in [4.69, 9.17) is 9.47 Å². The zero-order valence-electron chi connectivity index (χ0n) is 40.1. The molecule has 0 saturated heterocycles. The van der Waals surface area contributed by atoms with E-state index < -0.39 is 63.7 Å². The standard InChI is InChI=1S/C23H19FO3.C19H19FO3.C17H12F4O3/c24-21-14-18(23(12-13-23)22(25)26)8-11-20(21)17-6-9-19(10-7-17)27-15-16-4-2-1-3-5-16;1-12(2)23-15-6-3-13(4-7-15)16-8-5-14(11-17(16)20)19(9-10-19)18(21)22;18-14-9-11(16(6-7-16)15(22)23)4-5-13(14)10-2-1-3-12(8-10)24-17(19,20)21/h1-11,14H,12-13,15H2,(H,25,26);3-8,11-12H,9-10H2,1-2H3,(H,21,22);1-5,8-9H,6-7H2,(H,22,23). The van der Waals surface area contributed by atoms with Gasteiger partial charge in [0.25, 0.3) is 0 Å². The number of carbonyl (C=O) groups is 3. The van der Waals surface area contributed by atoms with Crippen LogP contribution in [0, 0.1) is 17.5 Å². The molecule has 0 heterocycles. The smallest absolute Gasteiger partial charge is 0.491 e. The van der Waals surface area contributed by atoms with E-state index in [2.05, 4.69) is 4.74 Å². The Morgan fingerprint density at radius 2 is 0.892 bits per heavy atom. The molecule has 74 heavy (non-hydrogen) atoms. The van der Waals surface area contributed by atoms with Crippen molar-refractivity contribution in [3.63, 3.8) is 0 Å². The van der Waals surface area contributed by atoms with Crippen LogP contribution in [0.15, 0.2) is 158 Å². The first-order valence-electron chi connectivity index (χ1n) is 23.7. The molecular formula is C59H50F6O9. The number of hydrogen-bond donors (Lipinski definition) is 3. The highest BCUT2D eigenvalue weighted by Gasteiger charge is 2.53. The van der Waals surface area contributed by atoms with Crippen molar-refractivity contribution in [3.05, 3.63) is 197 Å². The summed E-state index contributed by atoms with van der Waals surface area (Å²) in [6, 6.07) is 42.8. The van der Waals surface area contributed by atoms with Crippen LogP contribution >= 0.6 is 0 Å². The molecule has 3 saturated carbocycles. The van der Waals surface area contributed by atoms with Crippen molar-refractivity contribution < 1.29 is 70.3 Å². The van der Waals surface area contributed by atoms with Crippen LogP contribution in [0.5, 0.6) is 17.2 Å². The summed E-state index contributed by atoms with van der Waals surface area (Å²) in [6.07, 6.45) is -1.59. The van der Waals surface area contributed by atoms with Gasteiger partial charge < -0.3 is 29.5 Å². The Bertz CT molecular complexity index is 3160. The second-order valence-corrected chi connectivity index (χ2v) is 18.8. The van der Waals surface area contributed by atoms with Gasteiger partial charge in [-0.2, -0.15) is 0 Å². The summed E-state index contributed by atoms with van der Waals surface area (Å²) in [4.78, 5) is 34.0. The first-order valence-corrected chi connectivity index (χ1v) is 23.7. The Labute approximate surface area is 422 Å². The summed E-state index contributed by atoms with van der Waals surface area (Å²) >= 11 is 0. The average Bonchev–Trinajstić information content (AvgIpc) is 4.23. The molecule has 0 unspecified atom stereocenters. The maximum Gasteiger partial charge on any atom is 0.573 e. The van der Waals surface area contributed by atoms with E-state index in [0.717, 1.165) is 40.6 Å². The molecule has 0 spiro atoms. The molecule has 0 aliphatic heterocycles. The van der Waals surface area contributed by atoms with Gasteiger partial charge in [0.2, 0.25) is 0 Å². The molecule has 3 fully saturated rings. The molecule has 382 valence electrons. The number of aliphatic carboxylic acids is 3. The van der Waals surface area contributed by atoms with Crippen molar-refractivity contribution in [2.24, 2.45) is 0 Å². The molecule has 7 aromatic rings. The lowest BCUT2D eigenvalue weighted by molar-refractivity contribution is -0.274. The van der Waals surface area contributed by atoms with E-state index in [-0.39, 0.29) is 17.2 Å². The van der Waals surface area contributed by atoms with E-state index >= 15 is 0 Å². The van der Waals surface area contributed by atoms with Gasteiger partial charge in [0.15, 0.2) is 0 Å². The molecule has 0 radical (unpaired) electrons. The third kappa shape index (κ3) is 11.9. The maximum atomic E-state index is 14.6. The van der Waals surface area contributed by atoms with Crippen LogP contribution in [0.25, 0.3) is 33.4 Å². The summed E-state index contributed by atoms with van der Waals surface area (Å²) in [5.74, 6) is -3.25. The van der Waals surface area contributed by atoms with Crippen molar-refractivity contribution in [2.45, 2.75) is 87.7 Å². The van der Waals surface area contributed by atoms with Gasteiger partial charge in [-0.15, -0.1) is 13.2 Å². The molecule has 15 heteroatoms. The summed E-state index contributed by atoms with van der Waals surface area (Å²) < 4.78 is 95.4. The van der Waals surface area contributed by atoms with Gasteiger partial charge in [-0.3, -0.25) is 14.4 Å². The Balaban J connectivity index is 0.000000148. The van der Waals surface area contributed by atoms with Gasteiger partial charge >= 0.3 is 24.3 Å². The van der Waals surface area contributed by atoms with Gasteiger partial charge in [-0.05, 0) is 146 Å². The minimum absolute atomic E-state index is 0.0764. The molecule has 0 aromatic heterocycles. The Kier molecular flexibility index (Phi) is 15.0. The number of rotatable bonds is 15. The van der Waals surface area contributed by atoms with Crippen LogP contribution in [0.2, 0.25) is 0 Å². The van der Waals surface area contributed by atoms with E-state index in [1.165, 1.54) is 36.4 Å². The minimum Gasteiger partial charge on any atom is -0.491 e. The number of halogens is 6.